The quantitative estimate of drug-likeness (QED) is 0.435. The Kier molecular flexibility index (Phi) is 3.65. The van der Waals surface area contributed by atoms with Crippen molar-refractivity contribution in [1.29, 1.82) is 0 Å². The molecule has 0 spiro atoms. The van der Waals surface area contributed by atoms with Crippen molar-refractivity contribution in [3.05, 3.63) is 41.3 Å². The Morgan fingerprint density at radius 2 is 2.29 bits per heavy atom. The zero-order valence-corrected chi connectivity index (χ0v) is 8.82. The summed E-state index contributed by atoms with van der Waals surface area (Å²) in [5, 5.41) is 0.237. The molecule has 0 saturated carbocycles. The van der Waals surface area contributed by atoms with Gasteiger partial charge in [-0.1, -0.05) is 11.6 Å². The maximum atomic E-state index is 11.5. The lowest BCUT2D eigenvalue weighted by Gasteiger charge is -2.03. The van der Waals surface area contributed by atoms with Gasteiger partial charge in [-0.2, -0.15) is 0 Å². The molecule has 0 bridgehead atoms. The molecule has 0 atom stereocenters. The van der Waals surface area contributed by atoms with Gasteiger partial charge in [-0.25, -0.2) is 4.98 Å². The SMILES string of the molecule is CN(C)C=CC(=O)c1cccnc1Cl. The van der Waals surface area contributed by atoms with Gasteiger partial charge in [-0.05, 0) is 12.1 Å². The molecule has 0 radical (unpaired) electrons. The van der Waals surface area contributed by atoms with Gasteiger partial charge in [0, 0.05) is 32.6 Å². The summed E-state index contributed by atoms with van der Waals surface area (Å²) < 4.78 is 0. The molecule has 0 aliphatic rings. The molecule has 0 fully saturated rings. The van der Waals surface area contributed by atoms with Crippen LogP contribution in [-0.2, 0) is 0 Å². The molecule has 74 valence electrons. The first kappa shape index (κ1) is 10.7. The second kappa shape index (κ2) is 4.77. The molecule has 4 heteroatoms. The zero-order chi connectivity index (χ0) is 10.6. The maximum Gasteiger partial charge on any atom is 0.190 e. The maximum absolute atomic E-state index is 11.5. The predicted octanol–water partition coefficient (Wildman–Crippen LogP) is 1.99. The number of rotatable bonds is 3. The fourth-order valence-electron chi connectivity index (χ4n) is 0.876. The van der Waals surface area contributed by atoms with Crippen LogP contribution in [0.1, 0.15) is 10.4 Å². The molecule has 1 aromatic heterocycles. The standard InChI is InChI=1S/C10H11ClN2O/c1-13(2)7-5-9(14)8-4-3-6-12-10(8)11/h3-7H,1-2H3. The monoisotopic (exact) mass is 210 g/mol. The highest BCUT2D eigenvalue weighted by Gasteiger charge is 2.06. The molecule has 0 amide bonds. The minimum absolute atomic E-state index is 0.142. The first-order valence-corrected chi connectivity index (χ1v) is 4.48. The lowest BCUT2D eigenvalue weighted by molar-refractivity contribution is 0.104. The van der Waals surface area contributed by atoms with Crippen molar-refractivity contribution in [3.63, 3.8) is 0 Å². The largest absolute Gasteiger partial charge is 0.383 e. The molecule has 14 heavy (non-hydrogen) atoms. The minimum Gasteiger partial charge on any atom is -0.383 e. The number of halogens is 1. The van der Waals surface area contributed by atoms with E-state index in [0.717, 1.165) is 0 Å². The van der Waals surface area contributed by atoms with Crippen LogP contribution in [0.15, 0.2) is 30.6 Å². The van der Waals surface area contributed by atoms with Gasteiger partial charge < -0.3 is 4.90 Å². The van der Waals surface area contributed by atoms with E-state index in [4.69, 9.17) is 11.6 Å². The Bertz CT molecular complexity index is 361. The summed E-state index contributed by atoms with van der Waals surface area (Å²) in [6.45, 7) is 0. The van der Waals surface area contributed by atoms with E-state index >= 15 is 0 Å². The third kappa shape index (κ3) is 2.85. The van der Waals surface area contributed by atoms with E-state index in [1.54, 1.807) is 29.4 Å². The van der Waals surface area contributed by atoms with Crippen molar-refractivity contribution in [2.75, 3.05) is 14.1 Å². The number of pyridine rings is 1. The molecule has 0 aliphatic heterocycles. The van der Waals surface area contributed by atoms with E-state index in [0.29, 0.717) is 5.56 Å². The van der Waals surface area contributed by atoms with Gasteiger partial charge in [0.2, 0.25) is 0 Å². The second-order valence-corrected chi connectivity index (χ2v) is 3.34. The number of nitrogens with zero attached hydrogens (tertiary/aromatic N) is 2. The van der Waals surface area contributed by atoms with Gasteiger partial charge in [0.1, 0.15) is 5.15 Å². The Labute approximate surface area is 88.0 Å². The molecule has 3 nitrogen and oxygen atoms in total. The summed E-state index contributed by atoms with van der Waals surface area (Å²) in [5.41, 5.74) is 0.423. The molecule has 0 N–H and O–H groups in total. The lowest BCUT2D eigenvalue weighted by atomic mass is 10.2. The van der Waals surface area contributed by atoms with Crippen LogP contribution in [0, 0.1) is 0 Å². The smallest absolute Gasteiger partial charge is 0.190 e. The number of aromatic nitrogens is 1. The molecule has 0 saturated heterocycles. The Balaban J connectivity index is 2.85. The van der Waals surface area contributed by atoms with Gasteiger partial charge in [-0.3, -0.25) is 4.79 Å². The third-order valence-corrected chi connectivity index (χ3v) is 1.85. The van der Waals surface area contributed by atoms with Gasteiger partial charge in [0.05, 0.1) is 5.56 Å². The van der Waals surface area contributed by atoms with Crippen LogP contribution in [-0.4, -0.2) is 29.8 Å². The summed E-state index contributed by atoms with van der Waals surface area (Å²) >= 11 is 5.75. The molecule has 0 aliphatic carbocycles. The van der Waals surface area contributed by atoms with Gasteiger partial charge in [0.15, 0.2) is 5.78 Å². The molecule has 1 aromatic rings. The highest BCUT2D eigenvalue weighted by molar-refractivity contribution is 6.33. The van der Waals surface area contributed by atoms with E-state index in [1.807, 2.05) is 14.1 Å². The van der Waals surface area contributed by atoms with Crippen molar-refractivity contribution in [1.82, 2.24) is 9.88 Å². The number of ketones is 1. The number of carbonyl (C=O) groups is 1. The molecule has 1 heterocycles. The highest BCUT2D eigenvalue weighted by Crippen LogP contribution is 2.12. The first-order chi connectivity index (χ1) is 6.61. The minimum atomic E-state index is -0.142. The Morgan fingerprint density at radius 3 is 2.86 bits per heavy atom. The van der Waals surface area contributed by atoms with E-state index in [9.17, 15) is 4.79 Å². The third-order valence-electron chi connectivity index (χ3n) is 1.55. The van der Waals surface area contributed by atoms with E-state index in [2.05, 4.69) is 4.98 Å². The number of allylic oxidation sites excluding steroid dienone is 1. The summed E-state index contributed by atoms with van der Waals surface area (Å²) in [6, 6.07) is 3.33. The first-order valence-electron chi connectivity index (χ1n) is 4.10. The second-order valence-electron chi connectivity index (χ2n) is 2.99. The van der Waals surface area contributed by atoms with E-state index < -0.39 is 0 Å². The van der Waals surface area contributed by atoms with Crippen LogP contribution < -0.4 is 0 Å². The van der Waals surface area contributed by atoms with Crippen LogP contribution in [0.3, 0.4) is 0 Å². The van der Waals surface area contributed by atoms with Gasteiger partial charge in [0.25, 0.3) is 0 Å². The van der Waals surface area contributed by atoms with Gasteiger partial charge in [-0.15, -0.1) is 0 Å². The van der Waals surface area contributed by atoms with Crippen molar-refractivity contribution in [2.24, 2.45) is 0 Å². The van der Waals surface area contributed by atoms with Crippen molar-refractivity contribution in [3.8, 4) is 0 Å². The Hall–Kier alpha value is -1.35. The summed E-state index contributed by atoms with van der Waals surface area (Å²) in [4.78, 5) is 17.1. The lowest BCUT2D eigenvalue weighted by Crippen LogP contribution is -2.03. The molecule has 1 rings (SSSR count). The highest BCUT2D eigenvalue weighted by atomic mass is 35.5. The van der Waals surface area contributed by atoms with Gasteiger partial charge >= 0.3 is 0 Å². The molecular formula is C10H11ClN2O. The normalized spacial score (nSPS) is 10.5. The zero-order valence-electron chi connectivity index (χ0n) is 8.07. The van der Waals surface area contributed by atoms with Crippen LogP contribution >= 0.6 is 11.6 Å². The van der Waals surface area contributed by atoms with Crippen molar-refractivity contribution < 1.29 is 4.79 Å². The summed E-state index contributed by atoms with van der Waals surface area (Å²) in [6.07, 6.45) is 4.68. The number of hydrogen-bond donors (Lipinski definition) is 0. The molecule has 0 unspecified atom stereocenters. The van der Waals surface area contributed by atoms with E-state index in [1.165, 1.54) is 6.08 Å². The average molecular weight is 211 g/mol. The number of hydrogen-bond acceptors (Lipinski definition) is 3. The fourth-order valence-corrected chi connectivity index (χ4v) is 1.09. The van der Waals surface area contributed by atoms with Crippen LogP contribution in [0.25, 0.3) is 0 Å². The molecule has 0 aromatic carbocycles. The Morgan fingerprint density at radius 1 is 1.57 bits per heavy atom. The average Bonchev–Trinajstić information content (AvgIpc) is 2.15. The number of carbonyl (C=O) groups excluding carboxylic acids is 1. The predicted molar refractivity (Wildman–Crippen MR) is 56.4 cm³/mol. The van der Waals surface area contributed by atoms with Crippen molar-refractivity contribution in [2.45, 2.75) is 0 Å². The topological polar surface area (TPSA) is 33.2 Å². The van der Waals surface area contributed by atoms with E-state index in [-0.39, 0.29) is 10.9 Å². The summed E-state index contributed by atoms with van der Waals surface area (Å²) in [5.74, 6) is -0.142. The van der Waals surface area contributed by atoms with Crippen LogP contribution in [0.4, 0.5) is 0 Å². The molecular weight excluding hydrogens is 200 g/mol. The fraction of sp³-hybridized carbons (Fsp3) is 0.200. The summed E-state index contributed by atoms with van der Waals surface area (Å²) in [7, 11) is 3.68. The van der Waals surface area contributed by atoms with Crippen molar-refractivity contribution >= 4 is 17.4 Å². The van der Waals surface area contributed by atoms with Crippen LogP contribution in [0.5, 0.6) is 0 Å². The van der Waals surface area contributed by atoms with Crippen LogP contribution in [0.2, 0.25) is 5.15 Å².